The van der Waals surface area contributed by atoms with Crippen molar-refractivity contribution in [2.24, 2.45) is 5.92 Å². The Morgan fingerprint density at radius 3 is 2.23 bits per heavy atom. The fraction of sp³-hybridized carbons (Fsp3) is 0.562. The Hall–Kier alpha value is -1.40. The van der Waals surface area contributed by atoms with Crippen molar-refractivity contribution >= 4 is 15.9 Å². The normalized spacial score (nSPS) is 23.3. The lowest BCUT2D eigenvalue weighted by atomic mass is 10.1. The lowest BCUT2D eigenvalue weighted by molar-refractivity contribution is -0.133. The molecule has 1 amide bonds. The van der Waals surface area contributed by atoms with Gasteiger partial charge in [-0.1, -0.05) is 31.5 Å². The molecule has 22 heavy (non-hydrogen) atoms. The van der Waals surface area contributed by atoms with Crippen LogP contribution in [0, 0.1) is 12.8 Å². The molecule has 1 aliphatic heterocycles. The highest BCUT2D eigenvalue weighted by molar-refractivity contribution is 7.89. The van der Waals surface area contributed by atoms with Gasteiger partial charge in [-0.05, 0) is 31.9 Å². The van der Waals surface area contributed by atoms with Crippen LogP contribution in [0.15, 0.2) is 29.2 Å². The summed E-state index contributed by atoms with van der Waals surface area (Å²) in [4.78, 5) is 13.9. The van der Waals surface area contributed by atoms with Crippen LogP contribution in [0.4, 0.5) is 0 Å². The molecule has 2 rings (SSSR count). The minimum atomic E-state index is -3.61. The summed E-state index contributed by atoms with van der Waals surface area (Å²) in [6.07, 6.45) is -0.432. The Morgan fingerprint density at radius 2 is 1.77 bits per heavy atom. The number of hydrogen-bond donors (Lipinski definition) is 0. The molecular weight excluding hydrogens is 300 g/mol. The van der Waals surface area contributed by atoms with Crippen molar-refractivity contribution in [2.75, 3.05) is 6.54 Å². The molecule has 0 N–H and O–H groups in total. The molecule has 122 valence electrons. The van der Waals surface area contributed by atoms with Gasteiger partial charge < -0.3 is 4.90 Å². The second kappa shape index (κ2) is 6.01. The summed E-state index contributed by atoms with van der Waals surface area (Å²) in [6, 6.07) is 6.72. The first-order valence-electron chi connectivity index (χ1n) is 7.53. The number of aryl methyl sites for hydroxylation is 1. The monoisotopic (exact) mass is 324 g/mol. The number of sulfonamides is 1. The summed E-state index contributed by atoms with van der Waals surface area (Å²) in [6.45, 7) is 9.52. The number of hydrogen-bond acceptors (Lipinski definition) is 3. The van der Waals surface area contributed by atoms with Crippen LogP contribution < -0.4 is 0 Å². The fourth-order valence-electron chi connectivity index (χ4n) is 3.09. The number of carbonyl (C=O) groups is 1. The standard InChI is InChI=1S/C16H24N2O3S/c1-11(2)16-17(10-13(4)18(16)14(5)19)22(20,21)15-8-6-12(3)7-9-15/h6-9,11,13,16H,10H2,1-5H3/t13-,16-/m1/s1. The third kappa shape index (κ3) is 2.90. The zero-order valence-corrected chi connectivity index (χ0v) is 14.6. The van der Waals surface area contributed by atoms with Gasteiger partial charge in [0.2, 0.25) is 15.9 Å². The van der Waals surface area contributed by atoms with Crippen molar-refractivity contribution in [3.63, 3.8) is 0 Å². The summed E-state index contributed by atoms with van der Waals surface area (Å²) < 4.78 is 27.4. The first-order valence-corrected chi connectivity index (χ1v) is 8.97. The number of rotatable bonds is 3. The molecule has 1 aromatic carbocycles. The molecule has 0 saturated carbocycles. The SMILES string of the molecule is CC(=O)N1[C@H](C)CN(S(=O)(=O)c2ccc(C)cc2)[C@H]1C(C)C. The smallest absolute Gasteiger partial charge is 0.244 e. The predicted molar refractivity (Wildman–Crippen MR) is 85.7 cm³/mol. The number of nitrogens with zero attached hydrogens (tertiary/aromatic N) is 2. The molecule has 1 saturated heterocycles. The summed E-state index contributed by atoms with van der Waals surface area (Å²) in [7, 11) is -3.61. The summed E-state index contributed by atoms with van der Waals surface area (Å²) in [5.41, 5.74) is 1.01. The third-order valence-corrected chi connectivity index (χ3v) is 5.94. The highest BCUT2D eigenvalue weighted by Crippen LogP contribution is 2.31. The highest BCUT2D eigenvalue weighted by Gasteiger charge is 2.46. The van der Waals surface area contributed by atoms with E-state index >= 15 is 0 Å². The quantitative estimate of drug-likeness (QED) is 0.856. The van der Waals surface area contributed by atoms with Gasteiger partial charge in [-0.25, -0.2) is 8.42 Å². The first kappa shape index (κ1) is 17.0. The van der Waals surface area contributed by atoms with E-state index in [4.69, 9.17) is 0 Å². The average Bonchev–Trinajstić information content (AvgIpc) is 2.78. The van der Waals surface area contributed by atoms with E-state index in [0.29, 0.717) is 6.54 Å². The van der Waals surface area contributed by atoms with Crippen molar-refractivity contribution in [2.45, 2.75) is 51.7 Å². The molecule has 0 aliphatic carbocycles. The lowest BCUT2D eigenvalue weighted by Gasteiger charge is -2.33. The molecule has 6 heteroatoms. The van der Waals surface area contributed by atoms with Crippen molar-refractivity contribution < 1.29 is 13.2 Å². The second-order valence-electron chi connectivity index (χ2n) is 6.32. The van der Waals surface area contributed by atoms with Crippen LogP contribution in [0.25, 0.3) is 0 Å². The van der Waals surface area contributed by atoms with Crippen molar-refractivity contribution in [1.29, 1.82) is 0 Å². The highest BCUT2D eigenvalue weighted by atomic mass is 32.2. The van der Waals surface area contributed by atoms with Crippen LogP contribution in [0.1, 0.15) is 33.3 Å². The molecule has 0 radical (unpaired) electrons. The van der Waals surface area contributed by atoms with Crippen molar-refractivity contribution in [3.8, 4) is 0 Å². The second-order valence-corrected chi connectivity index (χ2v) is 8.21. The van der Waals surface area contributed by atoms with Gasteiger partial charge in [0.25, 0.3) is 0 Å². The van der Waals surface area contributed by atoms with Gasteiger partial charge in [0, 0.05) is 19.5 Å². The lowest BCUT2D eigenvalue weighted by Crippen LogP contribution is -2.47. The number of amides is 1. The molecule has 0 spiro atoms. The molecule has 0 bridgehead atoms. The maximum atomic E-state index is 13.0. The van der Waals surface area contributed by atoms with E-state index in [2.05, 4.69) is 0 Å². The van der Waals surface area contributed by atoms with Crippen LogP contribution in [-0.4, -0.2) is 42.3 Å². The Labute approximate surface area is 133 Å². The topological polar surface area (TPSA) is 57.7 Å². The fourth-order valence-corrected chi connectivity index (χ4v) is 4.88. The van der Waals surface area contributed by atoms with Gasteiger partial charge in [0.05, 0.1) is 4.90 Å². The molecule has 5 nitrogen and oxygen atoms in total. The van der Waals surface area contributed by atoms with Crippen molar-refractivity contribution in [3.05, 3.63) is 29.8 Å². The number of carbonyl (C=O) groups excluding carboxylic acids is 1. The van der Waals surface area contributed by atoms with E-state index in [1.165, 1.54) is 11.2 Å². The minimum Gasteiger partial charge on any atom is -0.322 e. The number of benzene rings is 1. The van der Waals surface area contributed by atoms with Crippen LogP contribution in [0.2, 0.25) is 0 Å². The largest absolute Gasteiger partial charge is 0.322 e. The molecular formula is C16H24N2O3S. The maximum Gasteiger partial charge on any atom is 0.244 e. The van der Waals surface area contributed by atoms with Gasteiger partial charge >= 0.3 is 0 Å². The zero-order valence-electron chi connectivity index (χ0n) is 13.8. The molecule has 1 heterocycles. The van der Waals surface area contributed by atoms with Gasteiger partial charge in [-0.2, -0.15) is 4.31 Å². The van der Waals surface area contributed by atoms with E-state index in [-0.39, 0.29) is 22.8 Å². The Morgan fingerprint density at radius 1 is 1.23 bits per heavy atom. The van der Waals surface area contributed by atoms with E-state index in [1.54, 1.807) is 29.2 Å². The van der Waals surface area contributed by atoms with Crippen LogP contribution in [-0.2, 0) is 14.8 Å². The van der Waals surface area contributed by atoms with Gasteiger partial charge in [-0.3, -0.25) is 4.79 Å². The van der Waals surface area contributed by atoms with Gasteiger partial charge in [-0.15, -0.1) is 0 Å². The molecule has 1 fully saturated rings. The molecule has 1 aromatic rings. The maximum absolute atomic E-state index is 13.0. The Balaban J connectivity index is 2.45. The summed E-state index contributed by atoms with van der Waals surface area (Å²) in [5.74, 6) is -0.0677. The molecule has 0 unspecified atom stereocenters. The van der Waals surface area contributed by atoms with Crippen LogP contribution in [0.5, 0.6) is 0 Å². The van der Waals surface area contributed by atoms with Gasteiger partial charge in [0.1, 0.15) is 6.17 Å². The predicted octanol–water partition coefficient (Wildman–Crippen LogP) is 2.22. The molecule has 1 aliphatic rings. The summed E-state index contributed by atoms with van der Waals surface area (Å²) in [5, 5.41) is 0. The third-order valence-electron chi connectivity index (χ3n) is 4.09. The first-order chi connectivity index (χ1) is 10.2. The Kier molecular flexibility index (Phi) is 4.63. The molecule has 0 aromatic heterocycles. The molecule has 2 atom stereocenters. The van der Waals surface area contributed by atoms with Crippen LogP contribution >= 0.6 is 0 Å². The van der Waals surface area contributed by atoms with Crippen LogP contribution in [0.3, 0.4) is 0 Å². The van der Waals surface area contributed by atoms with Gasteiger partial charge in [0.15, 0.2) is 0 Å². The van der Waals surface area contributed by atoms with E-state index in [0.717, 1.165) is 5.56 Å². The summed E-state index contributed by atoms with van der Waals surface area (Å²) >= 11 is 0. The van der Waals surface area contributed by atoms with E-state index in [9.17, 15) is 13.2 Å². The van der Waals surface area contributed by atoms with E-state index in [1.807, 2.05) is 27.7 Å². The minimum absolute atomic E-state index is 0.0223. The zero-order chi connectivity index (χ0) is 16.7. The van der Waals surface area contributed by atoms with Crippen molar-refractivity contribution in [1.82, 2.24) is 9.21 Å². The average molecular weight is 324 g/mol. The van der Waals surface area contributed by atoms with E-state index < -0.39 is 16.2 Å². The Bertz CT molecular complexity index is 652.